The van der Waals surface area contributed by atoms with Crippen LogP contribution in [0, 0.1) is 5.41 Å². The average molecular weight is 156 g/mol. The normalized spacial score (nSPS) is 23.5. The van der Waals surface area contributed by atoms with Crippen molar-refractivity contribution >= 4 is 0 Å². The summed E-state index contributed by atoms with van der Waals surface area (Å²) in [4.78, 5) is 0. The van der Waals surface area contributed by atoms with E-state index in [1.807, 2.05) is 0 Å². The summed E-state index contributed by atoms with van der Waals surface area (Å²) in [6, 6.07) is 0. The first-order valence-electron chi connectivity index (χ1n) is 4.85. The first-order chi connectivity index (χ1) is 5.27. The zero-order valence-electron chi connectivity index (χ0n) is 7.86. The second-order valence-electron chi connectivity index (χ2n) is 4.01. The molecule has 11 heavy (non-hydrogen) atoms. The first kappa shape index (κ1) is 9.05. The van der Waals surface area contributed by atoms with Gasteiger partial charge in [0.2, 0.25) is 0 Å². The highest BCUT2D eigenvalue weighted by Gasteiger charge is 2.26. The van der Waals surface area contributed by atoms with E-state index in [0.717, 1.165) is 13.2 Å². The fourth-order valence-corrected chi connectivity index (χ4v) is 1.90. The lowest BCUT2D eigenvalue weighted by Crippen LogP contribution is -2.25. The van der Waals surface area contributed by atoms with Gasteiger partial charge < -0.3 is 4.74 Å². The topological polar surface area (TPSA) is 9.23 Å². The molecule has 1 aliphatic carbocycles. The number of ether oxygens (including phenoxy) is 1. The van der Waals surface area contributed by atoms with Gasteiger partial charge in [-0.1, -0.05) is 26.2 Å². The smallest absolute Gasteiger partial charge is 0.0519 e. The Labute approximate surface area is 70.1 Å². The molecule has 0 N–H and O–H groups in total. The number of hydrogen-bond acceptors (Lipinski definition) is 1. The molecule has 0 heterocycles. The van der Waals surface area contributed by atoms with Crippen molar-refractivity contribution in [3.63, 3.8) is 0 Å². The van der Waals surface area contributed by atoms with Crippen molar-refractivity contribution in [3.05, 3.63) is 0 Å². The van der Waals surface area contributed by atoms with Crippen molar-refractivity contribution in [2.75, 3.05) is 13.2 Å². The Morgan fingerprint density at radius 3 is 2.36 bits per heavy atom. The molecule has 1 heteroatoms. The molecule has 0 radical (unpaired) electrons. The Morgan fingerprint density at radius 1 is 1.18 bits per heavy atom. The molecule has 0 aromatic carbocycles. The van der Waals surface area contributed by atoms with Gasteiger partial charge in [-0.05, 0) is 25.2 Å². The van der Waals surface area contributed by atoms with Crippen LogP contribution in [-0.4, -0.2) is 13.2 Å². The summed E-state index contributed by atoms with van der Waals surface area (Å²) < 4.78 is 5.48. The molecule has 1 rings (SSSR count). The van der Waals surface area contributed by atoms with E-state index in [1.165, 1.54) is 32.1 Å². The van der Waals surface area contributed by atoms with Crippen molar-refractivity contribution in [1.82, 2.24) is 0 Å². The van der Waals surface area contributed by atoms with Crippen LogP contribution in [-0.2, 0) is 4.74 Å². The highest BCUT2D eigenvalue weighted by Crippen LogP contribution is 2.35. The molecule has 0 unspecified atom stereocenters. The second kappa shape index (κ2) is 4.10. The second-order valence-corrected chi connectivity index (χ2v) is 4.01. The molecule has 0 atom stereocenters. The lowest BCUT2D eigenvalue weighted by atomic mass is 9.76. The minimum absolute atomic E-state index is 0.508. The largest absolute Gasteiger partial charge is 0.381 e. The summed E-state index contributed by atoms with van der Waals surface area (Å²) >= 11 is 0. The molecular formula is C10H20O. The molecule has 1 saturated carbocycles. The van der Waals surface area contributed by atoms with Gasteiger partial charge in [-0.15, -0.1) is 0 Å². The van der Waals surface area contributed by atoms with E-state index in [0.29, 0.717) is 5.41 Å². The van der Waals surface area contributed by atoms with Gasteiger partial charge in [-0.25, -0.2) is 0 Å². The van der Waals surface area contributed by atoms with Crippen molar-refractivity contribution in [2.24, 2.45) is 5.41 Å². The Morgan fingerprint density at radius 2 is 1.82 bits per heavy atom. The van der Waals surface area contributed by atoms with Crippen LogP contribution in [0.5, 0.6) is 0 Å². The van der Waals surface area contributed by atoms with Gasteiger partial charge in [-0.3, -0.25) is 0 Å². The molecule has 1 nitrogen and oxygen atoms in total. The van der Waals surface area contributed by atoms with Gasteiger partial charge in [0.05, 0.1) is 6.61 Å². The molecule has 0 bridgehead atoms. The predicted octanol–water partition coefficient (Wildman–Crippen LogP) is 2.99. The Balaban J connectivity index is 2.25. The van der Waals surface area contributed by atoms with Gasteiger partial charge in [-0.2, -0.15) is 0 Å². The molecule has 0 aromatic rings. The molecule has 1 fully saturated rings. The quantitative estimate of drug-likeness (QED) is 0.610. The van der Waals surface area contributed by atoms with E-state index >= 15 is 0 Å². The summed E-state index contributed by atoms with van der Waals surface area (Å²) in [5.41, 5.74) is 0.508. The van der Waals surface area contributed by atoms with E-state index in [-0.39, 0.29) is 0 Å². The molecule has 0 aliphatic heterocycles. The van der Waals surface area contributed by atoms with Crippen molar-refractivity contribution in [2.45, 2.75) is 46.0 Å². The monoisotopic (exact) mass is 156 g/mol. The molecule has 1 aliphatic rings. The molecule has 66 valence electrons. The molecule has 0 spiro atoms. The van der Waals surface area contributed by atoms with Crippen LogP contribution in [0.2, 0.25) is 0 Å². The van der Waals surface area contributed by atoms with Crippen LogP contribution in [0.4, 0.5) is 0 Å². The molecular weight excluding hydrogens is 136 g/mol. The number of rotatable bonds is 3. The lowest BCUT2D eigenvalue weighted by Gasteiger charge is -2.32. The van der Waals surface area contributed by atoms with Gasteiger partial charge in [0, 0.05) is 6.61 Å². The summed E-state index contributed by atoms with van der Waals surface area (Å²) in [7, 11) is 0. The zero-order chi connectivity index (χ0) is 8.16. The maximum absolute atomic E-state index is 5.48. The van der Waals surface area contributed by atoms with Crippen LogP contribution in [0.25, 0.3) is 0 Å². The summed E-state index contributed by atoms with van der Waals surface area (Å²) in [5, 5.41) is 0. The fourth-order valence-electron chi connectivity index (χ4n) is 1.90. The maximum Gasteiger partial charge on any atom is 0.0519 e. The van der Waals surface area contributed by atoms with Crippen LogP contribution in [0.15, 0.2) is 0 Å². The van der Waals surface area contributed by atoms with Crippen LogP contribution < -0.4 is 0 Å². The van der Waals surface area contributed by atoms with Crippen LogP contribution in [0.3, 0.4) is 0 Å². The summed E-state index contributed by atoms with van der Waals surface area (Å²) in [6.07, 6.45) is 6.98. The van der Waals surface area contributed by atoms with E-state index < -0.39 is 0 Å². The minimum Gasteiger partial charge on any atom is -0.381 e. The van der Waals surface area contributed by atoms with Crippen LogP contribution in [0.1, 0.15) is 46.0 Å². The fraction of sp³-hybridized carbons (Fsp3) is 1.00. The Bertz CT molecular complexity index is 103. The lowest BCUT2D eigenvalue weighted by molar-refractivity contribution is 0.0378. The van der Waals surface area contributed by atoms with Crippen molar-refractivity contribution in [3.8, 4) is 0 Å². The molecule has 0 amide bonds. The predicted molar refractivity (Wildman–Crippen MR) is 47.7 cm³/mol. The number of hydrogen-bond donors (Lipinski definition) is 0. The Hall–Kier alpha value is -0.0400. The van der Waals surface area contributed by atoms with E-state index in [9.17, 15) is 0 Å². The molecule has 0 aromatic heterocycles. The van der Waals surface area contributed by atoms with Crippen molar-refractivity contribution < 1.29 is 4.74 Å². The van der Waals surface area contributed by atoms with Crippen LogP contribution >= 0.6 is 0 Å². The maximum atomic E-state index is 5.48. The third-order valence-corrected chi connectivity index (χ3v) is 2.72. The SMILES string of the molecule is CCOCC1(C)CCCCC1. The average Bonchev–Trinajstić information content (AvgIpc) is 2.03. The summed E-state index contributed by atoms with van der Waals surface area (Å²) in [6.45, 7) is 6.28. The standard InChI is InChI=1S/C10H20O/c1-3-11-9-10(2)7-5-4-6-8-10/h3-9H2,1-2H3. The van der Waals surface area contributed by atoms with E-state index in [2.05, 4.69) is 13.8 Å². The van der Waals surface area contributed by atoms with Gasteiger partial charge >= 0.3 is 0 Å². The first-order valence-corrected chi connectivity index (χ1v) is 4.85. The third-order valence-electron chi connectivity index (χ3n) is 2.72. The van der Waals surface area contributed by atoms with E-state index in [1.54, 1.807) is 0 Å². The Kier molecular flexibility index (Phi) is 3.38. The van der Waals surface area contributed by atoms with Gasteiger partial charge in [0.25, 0.3) is 0 Å². The molecule has 0 saturated heterocycles. The van der Waals surface area contributed by atoms with Gasteiger partial charge in [0.1, 0.15) is 0 Å². The van der Waals surface area contributed by atoms with Gasteiger partial charge in [0.15, 0.2) is 0 Å². The van der Waals surface area contributed by atoms with E-state index in [4.69, 9.17) is 4.74 Å². The minimum atomic E-state index is 0.508. The summed E-state index contributed by atoms with van der Waals surface area (Å²) in [5.74, 6) is 0. The zero-order valence-corrected chi connectivity index (χ0v) is 7.86. The third kappa shape index (κ3) is 2.82. The van der Waals surface area contributed by atoms with Crippen molar-refractivity contribution in [1.29, 1.82) is 0 Å². The highest BCUT2D eigenvalue weighted by molar-refractivity contribution is 4.77. The highest BCUT2D eigenvalue weighted by atomic mass is 16.5.